The smallest absolute Gasteiger partial charge is 0.325 e. The Labute approximate surface area is 127 Å². The minimum atomic E-state index is -0.990. The lowest BCUT2D eigenvalue weighted by Gasteiger charge is -2.04. The monoisotopic (exact) mass is 303 g/mol. The zero-order valence-corrected chi connectivity index (χ0v) is 11.9. The van der Waals surface area contributed by atoms with Crippen LogP contribution in [0.25, 0.3) is 0 Å². The molecule has 2 rings (SSSR count). The third kappa shape index (κ3) is 5.37. The molecule has 0 saturated carbocycles. The van der Waals surface area contributed by atoms with Crippen molar-refractivity contribution in [3.05, 3.63) is 48.2 Å². The first kappa shape index (κ1) is 15.7. The largest absolute Gasteiger partial charge is 0.480 e. The number of carbonyl (C=O) groups is 2. The van der Waals surface area contributed by atoms with Crippen LogP contribution in [0.1, 0.15) is 12.0 Å². The van der Waals surface area contributed by atoms with Crippen molar-refractivity contribution in [2.75, 3.05) is 11.9 Å². The van der Waals surface area contributed by atoms with E-state index >= 15 is 0 Å². The maximum Gasteiger partial charge on any atom is 0.325 e. The van der Waals surface area contributed by atoms with Crippen LogP contribution >= 0.6 is 0 Å². The lowest BCUT2D eigenvalue weighted by Crippen LogP contribution is -2.15. The van der Waals surface area contributed by atoms with Gasteiger partial charge in [-0.3, -0.25) is 14.3 Å². The van der Waals surface area contributed by atoms with Crippen LogP contribution in [-0.2, 0) is 27.5 Å². The average Bonchev–Trinajstić information content (AvgIpc) is 2.91. The predicted molar refractivity (Wildman–Crippen MR) is 79.2 cm³/mol. The summed E-state index contributed by atoms with van der Waals surface area (Å²) in [5.74, 6) is -0.891. The van der Waals surface area contributed by atoms with E-state index in [9.17, 15) is 9.59 Å². The van der Waals surface area contributed by atoms with Crippen molar-refractivity contribution >= 4 is 17.7 Å². The number of aromatic nitrogens is 2. The summed E-state index contributed by atoms with van der Waals surface area (Å²) in [6, 6.07) is 11.2. The van der Waals surface area contributed by atoms with E-state index in [1.807, 2.05) is 30.3 Å². The summed E-state index contributed by atoms with van der Waals surface area (Å²) in [4.78, 5) is 22.2. The van der Waals surface area contributed by atoms with E-state index in [1.54, 1.807) is 6.07 Å². The third-order valence-electron chi connectivity index (χ3n) is 2.79. The van der Waals surface area contributed by atoms with E-state index in [2.05, 4.69) is 10.4 Å². The van der Waals surface area contributed by atoms with Crippen LogP contribution in [0.15, 0.2) is 42.6 Å². The van der Waals surface area contributed by atoms with Gasteiger partial charge in [0.25, 0.3) is 0 Å². The molecule has 7 nitrogen and oxygen atoms in total. The van der Waals surface area contributed by atoms with Gasteiger partial charge in [-0.2, -0.15) is 5.10 Å². The highest BCUT2D eigenvalue weighted by molar-refractivity contribution is 5.89. The minimum absolute atomic E-state index is 0.207. The van der Waals surface area contributed by atoms with Gasteiger partial charge in [-0.1, -0.05) is 30.3 Å². The van der Waals surface area contributed by atoms with Gasteiger partial charge in [0.15, 0.2) is 5.82 Å². The lowest BCUT2D eigenvalue weighted by atomic mass is 10.2. The van der Waals surface area contributed by atoms with Gasteiger partial charge in [-0.15, -0.1) is 0 Å². The Morgan fingerprint density at radius 2 is 2.00 bits per heavy atom. The number of hydrogen-bond acceptors (Lipinski definition) is 4. The van der Waals surface area contributed by atoms with Gasteiger partial charge in [0.2, 0.25) is 5.91 Å². The molecule has 22 heavy (non-hydrogen) atoms. The van der Waals surface area contributed by atoms with Crippen molar-refractivity contribution in [2.24, 2.45) is 0 Å². The maximum absolute atomic E-state index is 11.7. The Morgan fingerprint density at radius 3 is 2.73 bits per heavy atom. The van der Waals surface area contributed by atoms with Crippen LogP contribution in [0.4, 0.5) is 5.82 Å². The Kier molecular flexibility index (Phi) is 5.67. The summed E-state index contributed by atoms with van der Waals surface area (Å²) in [6.45, 7) is 0.522. The number of nitrogens with zero attached hydrogens (tertiary/aromatic N) is 2. The van der Waals surface area contributed by atoms with Gasteiger partial charge < -0.3 is 15.2 Å². The number of carboxylic acids is 1. The molecule has 2 N–H and O–H groups in total. The second-order valence-electron chi connectivity index (χ2n) is 4.63. The first-order valence-electron chi connectivity index (χ1n) is 6.80. The van der Waals surface area contributed by atoms with Crippen molar-refractivity contribution in [2.45, 2.75) is 19.6 Å². The molecular formula is C15H17N3O4. The fraction of sp³-hybridized carbons (Fsp3) is 0.267. The second-order valence-corrected chi connectivity index (χ2v) is 4.63. The molecule has 1 aromatic carbocycles. The lowest BCUT2D eigenvalue weighted by molar-refractivity contribution is -0.137. The molecule has 0 aliphatic heterocycles. The number of anilines is 1. The van der Waals surface area contributed by atoms with Gasteiger partial charge in [0.1, 0.15) is 6.54 Å². The molecule has 0 bridgehead atoms. The summed E-state index contributed by atoms with van der Waals surface area (Å²) in [5.41, 5.74) is 1.05. The second kappa shape index (κ2) is 7.94. The number of carbonyl (C=O) groups excluding carboxylic acids is 1. The standard InChI is InChI=1S/C15H17N3O4/c19-14(7-9-22-11-12-4-2-1-3-5-12)16-13-6-8-18(17-13)10-15(20)21/h1-6,8H,7,9-11H2,(H,20,21)(H,16,17,19). The molecule has 0 radical (unpaired) electrons. The molecule has 0 aliphatic carbocycles. The molecule has 0 saturated heterocycles. The molecule has 1 amide bonds. The maximum atomic E-state index is 11.7. The molecule has 0 aliphatic rings. The number of benzene rings is 1. The van der Waals surface area contributed by atoms with Crippen LogP contribution in [-0.4, -0.2) is 33.4 Å². The Morgan fingerprint density at radius 1 is 1.23 bits per heavy atom. The van der Waals surface area contributed by atoms with E-state index in [1.165, 1.54) is 10.9 Å². The summed E-state index contributed by atoms with van der Waals surface area (Å²) in [5, 5.41) is 15.2. The van der Waals surface area contributed by atoms with Crippen LogP contribution in [0.3, 0.4) is 0 Å². The van der Waals surface area contributed by atoms with Gasteiger partial charge >= 0.3 is 5.97 Å². The molecule has 0 fully saturated rings. The minimum Gasteiger partial charge on any atom is -0.480 e. The first-order chi connectivity index (χ1) is 10.6. The molecule has 116 valence electrons. The van der Waals surface area contributed by atoms with Crippen LogP contribution in [0.2, 0.25) is 0 Å². The van der Waals surface area contributed by atoms with E-state index in [0.29, 0.717) is 19.0 Å². The molecule has 0 atom stereocenters. The average molecular weight is 303 g/mol. The number of aliphatic carboxylic acids is 1. The van der Waals surface area contributed by atoms with Crippen molar-refractivity contribution in [1.29, 1.82) is 0 Å². The Hall–Kier alpha value is -2.67. The van der Waals surface area contributed by atoms with E-state index < -0.39 is 5.97 Å². The highest BCUT2D eigenvalue weighted by atomic mass is 16.5. The molecule has 1 aromatic heterocycles. The number of hydrogen-bond donors (Lipinski definition) is 2. The number of carboxylic acid groups (broad SMARTS) is 1. The molecule has 2 aromatic rings. The fourth-order valence-corrected chi connectivity index (χ4v) is 1.79. The van der Waals surface area contributed by atoms with Crippen molar-refractivity contribution < 1.29 is 19.4 Å². The normalized spacial score (nSPS) is 10.4. The summed E-state index contributed by atoms with van der Waals surface area (Å²) < 4.78 is 6.66. The highest BCUT2D eigenvalue weighted by Gasteiger charge is 2.06. The number of amides is 1. The number of ether oxygens (including phenoxy) is 1. The quantitative estimate of drug-likeness (QED) is 0.721. The molecular weight excluding hydrogens is 286 g/mol. The van der Waals surface area contributed by atoms with Crippen molar-refractivity contribution in [1.82, 2.24) is 9.78 Å². The van der Waals surface area contributed by atoms with E-state index in [0.717, 1.165) is 5.56 Å². The first-order valence-corrected chi connectivity index (χ1v) is 6.80. The topological polar surface area (TPSA) is 93.5 Å². The van der Waals surface area contributed by atoms with Gasteiger partial charge in [0, 0.05) is 12.3 Å². The summed E-state index contributed by atoms with van der Waals surface area (Å²) in [7, 11) is 0. The number of rotatable bonds is 8. The molecule has 7 heteroatoms. The molecule has 0 unspecified atom stereocenters. The Bertz CT molecular complexity index is 625. The SMILES string of the molecule is O=C(O)Cn1ccc(NC(=O)CCOCc2ccccc2)n1. The summed E-state index contributed by atoms with van der Waals surface area (Å²) >= 11 is 0. The third-order valence-corrected chi connectivity index (χ3v) is 2.79. The van der Waals surface area contributed by atoms with Crippen molar-refractivity contribution in [3.8, 4) is 0 Å². The highest BCUT2D eigenvalue weighted by Crippen LogP contribution is 2.04. The van der Waals surface area contributed by atoms with Crippen molar-refractivity contribution in [3.63, 3.8) is 0 Å². The van der Waals surface area contributed by atoms with Gasteiger partial charge in [0.05, 0.1) is 19.6 Å². The molecule has 0 spiro atoms. The number of nitrogens with one attached hydrogen (secondary N) is 1. The molecule has 1 heterocycles. The van der Waals surface area contributed by atoms with Crippen LogP contribution in [0, 0.1) is 0 Å². The van der Waals surface area contributed by atoms with Crippen LogP contribution < -0.4 is 5.32 Å². The van der Waals surface area contributed by atoms with E-state index in [-0.39, 0.29) is 18.9 Å². The van der Waals surface area contributed by atoms with Gasteiger partial charge in [-0.05, 0) is 5.56 Å². The Balaban J connectivity index is 1.67. The fourth-order valence-electron chi connectivity index (χ4n) is 1.79. The zero-order chi connectivity index (χ0) is 15.8. The van der Waals surface area contributed by atoms with E-state index in [4.69, 9.17) is 9.84 Å². The summed E-state index contributed by atoms with van der Waals surface area (Å²) in [6.07, 6.45) is 1.70. The van der Waals surface area contributed by atoms with Gasteiger partial charge in [-0.25, -0.2) is 0 Å². The van der Waals surface area contributed by atoms with Crippen LogP contribution in [0.5, 0.6) is 0 Å². The zero-order valence-electron chi connectivity index (χ0n) is 11.9. The predicted octanol–water partition coefficient (Wildman–Crippen LogP) is 1.51.